The molecule has 0 aromatic heterocycles. The topological polar surface area (TPSA) is 64.4 Å². The van der Waals surface area contributed by atoms with Gasteiger partial charge in [-0.1, -0.05) is 6.92 Å². The lowest BCUT2D eigenvalue weighted by Crippen LogP contribution is -2.54. The third-order valence-corrected chi connectivity index (χ3v) is 4.84. The van der Waals surface area contributed by atoms with Crippen molar-refractivity contribution in [1.82, 2.24) is 5.32 Å². The van der Waals surface area contributed by atoms with Gasteiger partial charge in [-0.2, -0.15) is 0 Å². The van der Waals surface area contributed by atoms with E-state index in [4.69, 9.17) is 10.5 Å². The Kier molecular flexibility index (Phi) is 3.97. The molecule has 2 rings (SSSR count). The Morgan fingerprint density at radius 1 is 1.39 bits per heavy atom. The van der Waals surface area contributed by atoms with E-state index >= 15 is 0 Å². The largest absolute Gasteiger partial charge is 0.376 e. The molecular weight excluding hydrogens is 228 g/mol. The van der Waals surface area contributed by atoms with Crippen molar-refractivity contribution in [2.24, 2.45) is 17.6 Å². The van der Waals surface area contributed by atoms with Crippen molar-refractivity contribution in [3.8, 4) is 0 Å². The number of carbonyl (C=O) groups excluding carboxylic acids is 1. The molecule has 104 valence electrons. The Hall–Kier alpha value is -0.610. The molecule has 5 atom stereocenters. The quantitative estimate of drug-likeness (QED) is 0.783. The van der Waals surface area contributed by atoms with Gasteiger partial charge in [-0.15, -0.1) is 0 Å². The van der Waals surface area contributed by atoms with E-state index in [1.54, 1.807) is 0 Å². The van der Waals surface area contributed by atoms with Crippen molar-refractivity contribution in [1.29, 1.82) is 0 Å². The fraction of sp³-hybridized carbons (Fsp3) is 0.929. The molecule has 1 saturated heterocycles. The minimum atomic E-state index is -0.198. The molecule has 0 radical (unpaired) electrons. The smallest absolute Gasteiger partial charge is 0.223 e. The van der Waals surface area contributed by atoms with E-state index < -0.39 is 0 Å². The Labute approximate surface area is 110 Å². The van der Waals surface area contributed by atoms with Gasteiger partial charge in [-0.25, -0.2) is 0 Å². The van der Waals surface area contributed by atoms with Crippen molar-refractivity contribution in [3.05, 3.63) is 0 Å². The molecule has 0 bridgehead atoms. The molecule has 2 aliphatic rings. The van der Waals surface area contributed by atoms with E-state index in [9.17, 15) is 4.79 Å². The van der Waals surface area contributed by atoms with Crippen LogP contribution < -0.4 is 11.1 Å². The first kappa shape index (κ1) is 13.8. The minimum Gasteiger partial charge on any atom is -0.376 e. The predicted octanol–water partition coefficient (Wildman–Crippen LogP) is 1.43. The molecule has 1 heterocycles. The summed E-state index contributed by atoms with van der Waals surface area (Å²) in [6.07, 6.45) is 3.84. The van der Waals surface area contributed by atoms with Gasteiger partial charge in [0.25, 0.3) is 0 Å². The summed E-state index contributed by atoms with van der Waals surface area (Å²) in [5.74, 6) is 0.693. The van der Waals surface area contributed by atoms with Crippen LogP contribution in [-0.2, 0) is 9.53 Å². The number of nitrogens with two attached hydrogens (primary N) is 1. The average Bonchev–Trinajstić information content (AvgIpc) is 2.58. The molecule has 1 saturated carbocycles. The molecule has 4 nitrogen and oxygen atoms in total. The summed E-state index contributed by atoms with van der Waals surface area (Å²) in [6.45, 7) is 7.00. The highest BCUT2D eigenvalue weighted by atomic mass is 16.5. The van der Waals surface area contributed by atoms with E-state index in [0.29, 0.717) is 5.92 Å². The molecule has 0 aromatic carbocycles. The Bertz CT molecular complexity index is 321. The van der Waals surface area contributed by atoms with Gasteiger partial charge >= 0.3 is 0 Å². The Morgan fingerprint density at radius 3 is 2.67 bits per heavy atom. The van der Waals surface area contributed by atoms with Crippen molar-refractivity contribution < 1.29 is 9.53 Å². The molecule has 1 aliphatic heterocycles. The van der Waals surface area contributed by atoms with Gasteiger partial charge in [0.15, 0.2) is 0 Å². The standard InChI is InChI=1S/C14H26N2O2/c1-9-8-11(15)4-5-12(9)13(17)16-14(3)6-7-18-10(14)2/h9-12H,4-8,15H2,1-3H3,(H,16,17). The van der Waals surface area contributed by atoms with Crippen molar-refractivity contribution >= 4 is 5.91 Å². The van der Waals surface area contributed by atoms with Gasteiger partial charge in [0, 0.05) is 18.6 Å². The monoisotopic (exact) mass is 254 g/mol. The first-order valence-electron chi connectivity index (χ1n) is 7.11. The summed E-state index contributed by atoms with van der Waals surface area (Å²) in [5, 5.41) is 3.22. The highest BCUT2D eigenvalue weighted by Gasteiger charge is 2.41. The fourth-order valence-corrected chi connectivity index (χ4v) is 3.20. The van der Waals surface area contributed by atoms with Crippen LogP contribution in [0.4, 0.5) is 0 Å². The summed E-state index contributed by atoms with van der Waals surface area (Å²) >= 11 is 0. The van der Waals surface area contributed by atoms with E-state index in [1.165, 1.54) is 0 Å². The maximum absolute atomic E-state index is 12.4. The van der Waals surface area contributed by atoms with Crippen LogP contribution >= 0.6 is 0 Å². The molecule has 1 amide bonds. The second-order valence-corrected chi connectivity index (χ2v) is 6.33. The molecule has 0 aromatic rings. The highest BCUT2D eigenvalue weighted by molar-refractivity contribution is 5.80. The first-order chi connectivity index (χ1) is 8.42. The number of ether oxygens (including phenoxy) is 1. The van der Waals surface area contributed by atoms with Gasteiger partial charge in [0.2, 0.25) is 5.91 Å². The van der Waals surface area contributed by atoms with Crippen LogP contribution in [0.1, 0.15) is 46.5 Å². The van der Waals surface area contributed by atoms with Gasteiger partial charge in [-0.05, 0) is 45.4 Å². The SMILES string of the molecule is CC1CC(N)CCC1C(=O)NC1(C)CCOC1C. The van der Waals surface area contributed by atoms with Crippen LogP contribution in [0.2, 0.25) is 0 Å². The van der Waals surface area contributed by atoms with E-state index in [0.717, 1.165) is 32.3 Å². The molecule has 3 N–H and O–H groups in total. The lowest BCUT2D eigenvalue weighted by molar-refractivity contribution is -0.130. The maximum atomic E-state index is 12.4. The predicted molar refractivity (Wildman–Crippen MR) is 71.1 cm³/mol. The molecule has 5 unspecified atom stereocenters. The maximum Gasteiger partial charge on any atom is 0.223 e. The van der Waals surface area contributed by atoms with E-state index in [1.807, 2.05) is 6.92 Å². The molecule has 0 spiro atoms. The molecule has 2 fully saturated rings. The Balaban J connectivity index is 1.95. The molecule has 18 heavy (non-hydrogen) atoms. The van der Waals surface area contributed by atoms with Crippen molar-refractivity contribution in [3.63, 3.8) is 0 Å². The van der Waals surface area contributed by atoms with Gasteiger partial charge < -0.3 is 15.8 Å². The summed E-state index contributed by atoms with van der Waals surface area (Å²) in [7, 11) is 0. The normalized spacial score (nSPS) is 44.9. The zero-order chi connectivity index (χ0) is 13.3. The van der Waals surface area contributed by atoms with Crippen LogP contribution in [0.3, 0.4) is 0 Å². The number of nitrogens with one attached hydrogen (secondary N) is 1. The number of amides is 1. The van der Waals surface area contributed by atoms with Gasteiger partial charge in [-0.3, -0.25) is 4.79 Å². The van der Waals surface area contributed by atoms with Crippen LogP contribution in [0.25, 0.3) is 0 Å². The Morgan fingerprint density at radius 2 is 2.11 bits per heavy atom. The van der Waals surface area contributed by atoms with Crippen LogP contribution in [0.5, 0.6) is 0 Å². The third-order valence-electron chi connectivity index (χ3n) is 4.84. The van der Waals surface area contributed by atoms with Crippen molar-refractivity contribution in [2.75, 3.05) is 6.61 Å². The number of carbonyl (C=O) groups is 1. The summed E-state index contributed by atoms with van der Waals surface area (Å²) in [5.41, 5.74) is 5.75. The lowest BCUT2D eigenvalue weighted by Gasteiger charge is -2.35. The van der Waals surface area contributed by atoms with Crippen LogP contribution in [0, 0.1) is 11.8 Å². The second-order valence-electron chi connectivity index (χ2n) is 6.33. The zero-order valence-corrected chi connectivity index (χ0v) is 11.7. The second kappa shape index (κ2) is 5.17. The van der Waals surface area contributed by atoms with E-state index in [-0.39, 0.29) is 29.5 Å². The first-order valence-corrected chi connectivity index (χ1v) is 7.11. The molecular formula is C14H26N2O2. The summed E-state index contributed by atoms with van der Waals surface area (Å²) < 4.78 is 5.57. The van der Waals surface area contributed by atoms with E-state index in [2.05, 4.69) is 19.2 Å². The minimum absolute atomic E-state index is 0.0996. The van der Waals surface area contributed by atoms with Gasteiger partial charge in [0.05, 0.1) is 11.6 Å². The number of rotatable bonds is 2. The van der Waals surface area contributed by atoms with Crippen molar-refractivity contribution in [2.45, 2.75) is 64.1 Å². The fourth-order valence-electron chi connectivity index (χ4n) is 3.20. The summed E-state index contributed by atoms with van der Waals surface area (Å²) in [4.78, 5) is 12.4. The third kappa shape index (κ3) is 2.69. The lowest BCUT2D eigenvalue weighted by atomic mass is 9.77. The van der Waals surface area contributed by atoms with Crippen LogP contribution in [0.15, 0.2) is 0 Å². The van der Waals surface area contributed by atoms with Crippen LogP contribution in [-0.4, -0.2) is 30.2 Å². The average molecular weight is 254 g/mol. The zero-order valence-electron chi connectivity index (χ0n) is 11.7. The molecule has 1 aliphatic carbocycles. The summed E-state index contributed by atoms with van der Waals surface area (Å²) in [6, 6.07) is 0.272. The number of hydrogen-bond donors (Lipinski definition) is 2. The number of hydrogen-bond acceptors (Lipinski definition) is 3. The highest BCUT2D eigenvalue weighted by Crippen LogP contribution is 2.31. The van der Waals surface area contributed by atoms with Gasteiger partial charge in [0.1, 0.15) is 0 Å². The molecule has 4 heteroatoms.